The van der Waals surface area contributed by atoms with Crippen LogP contribution in [0.15, 0.2) is 12.3 Å². The molecule has 1 aliphatic rings. The summed E-state index contributed by atoms with van der Waals surface area (Å²) in [5.41, 5.74) is 1.10. The molecule has 1 unspecified atom stereocenters. The van der Waals surface area contributed by atoms with E-state index in [-0.39, 0.29) is 12.5 Å². The van der Waals surface area contributed by atoms with Crippen LogP contribution in [0.1, 0.15) is 26.5 Å². The number of carbonyl (C=O) groups is 1. The minimum atomic E-state index is 0.0704. The van der Waals surface area contributed by atoms with Gasteiger partial charge >= 0.3 is 0 Å². The van der Waals surface area contributed by atoms with Crippen LogP contribution in [0.3, 0.4) is 0 Å². The zero-order valence-corrected chi connectivity index (χ0v) is 14.0. The van der Waals surface area contributed by atoms with Crippen LogP contribution in [0.2, 0.25) is 0 Å². The van der Waals surface area contributed by atoms with Crippen molar-refractivity contribution in [2.45, 2.75) is 33.9 Å². The highest BCUT2D eigenvalue weighted by atomic mass is 16.5. The summed E-state index contributed by atoms with van der Waals surface area (Å²) < 4.78 is 7.34. The van der Waals surface area contributed by atoms with Gasteiger partial charge in [-0.2, -0.15) is 5.10 Å². The number of amides is 1. The van der Waals surface area contributed by atoms with Gasteiger partial charge in [0.2, 0.25) is 5.91 Å². The Bertz CT molecular complexity index is 470. The molecule has 0 fully saturated rings. The van der Waals surface area contributed by atoms with E-state index < -0.39 is 0 Å². The maximum absolute atomic E-state index is 12.4. The van der Waals surface area contributed by atoms with E-state index in [0.717, 1.165) is 38.4 Å². The Morgan fingerprint density at radius 3 is 2.82 bits per heavy atom. The van der Waals surface area contributed by atoms with Crippen LogP contribution in [0.4, 0.5) is 0 Å². The van der Waals surface area contributed by atoms with Crippen molar-refractivity contribution in [3.8, 4) is 0 Å². The van der Waals surface area contributed by atoms with Gasteiger partial charge in [0, 0.05) is 38.4 Å². The van der Waals surface area contributed by atoms with Gasteiger partial charge < -0.3 is 14.5 Å². The van der Waals surface area contributed by atoms with Crippen molar-refractivity contribution < 1.29 is 9.53 Å². The number of hydrogen-bond acceptors (Lipinski definition) is 4. The van der Waals surface area contributed by atoms with Gasteiger partial charge in [-0.15, -0.1) is 0 Å². The number of nitrogens with zero attached hydrogens (tertiary/aromatic N) is 4. The van der Waals surface area contributed by atoms with Crippen LogP contribution in [0.25, 0.3) is 0 Å². The number of aromatic nitrogens is 2. The average Bonchev–Trinajstić information content (AvgIpc) is 2.88. The van der Waals surface area contributed by atoms with Crippen LogP contribution >= 0.6 is 0 Å². The van der Waals surface area contributed by atoms with Crippen molar-refractivity contribution in [2.24, 2.45) is 5.92 Å². The molecule has 0 aliphatic carbocycles. The van der Waals surface area contributed by atoms with Gasteiger partial charge in [0.15, 0.2) is 0 Å². The fraction of sp³-hybridized carbons (Fsp3) is 0.750. The molecule has 0 aromatic carbocycles. The molecule has 0 saturated carbocycles. The molecule has 0 spiro atoms. The molecule has 2 heterocycles. The third-order valence-electron chi connectivity index (χ3n) is 4.26. The van der Waals surface area contributed by atoms with E-state index in [9.17, 15) is 4.79 Å². The van der Waals surface area contributed by atoms with Gasteiger partial charge in [-0.3, -0.25) is 9.48 Å². The lowest BCUT2D eigenvalue weighted by molar-refractivity contribution is -0.137. The molecule has 1 amide bonds. The number of fused-ring (bicyclic) bond motifs is 1. The normalized spacial score (nSPS) is 18.4. The van der Waals surface area contributed by atoms with Crippen LogP contribution in [0, 0.1) is 5.92 Å². The van der Waals surface area contributed by atoms with Gasteiger partial charge in [0.05, 0.1) is 12.2 Å². The lowest BCUT2D eigenvalue weighted by Crippen LogP contribution is -2.40. The highest BCUT2D eigenvalue weighted by Crippen LogP contribution is 2.17. The highest BCUT2D eigenvalue weighted by molar-refractivity contribution is 5.77. The van der Waals surface area contributed by atoms with E-state index in [4.69, 9.17) is 4.74 Å². The van der Waals surface area contributed by atoms with E-state index in [0.29, 0.717) is 19.1 Å². The average molecular weight is 308 g/mol. The molecule has 124 valence electrons. The molecular weight excluding hydrogens is 280 g/mol. The third-order valence-corrected chi connectivity index (χ3v) is 4.26. The molecule has 1 aliphatic heterocycles. The molecule has 0 saturated heterocycles. The van der Waals surface area contributed by atoms with Crippen LogP contribution in [0.5, 0.6) is 0 Å². The molecule has 6 heteroatoms. The van der Waals surface area contributed by atoms with Crippen LogP contribution < -0.4 is 0 Å². The predicted octanol–water partition coefficient (Wildman–Crippen LogP) is 1.22. The van der Waals surface area contributed by atoms with Crippen LogP contribution in [-0.2, 0) is 22.6 Å². The van der Waals surface area contributed by atoms with Gasteiger partial charge in [-0.25, -0.2) is 0 Å². The zero-order valence-electron chi connectivity index (χ0n) is 14.0. The number of carbonyl (C=O) groups excluding carboxylic acids is 1. The van der Waals surface area contributed by atoms with Crippen LogP contribution in [-0.4, -0.2) is 64.9 Å². The fourth-order valence-electron chi connectivity index (χ4n) is 2.97. The van der Waals surface area contributed by atoms with E-state index in [2.05, 4.69) is 23.8 Å². The van der Waals surface area contributed by atoms with Crippen molar-refractivity contribution in [1.82, 2.24) is 19.6 Å². The predicted molar refractivity (Wildman–Crippen MR) is 85.4 cm³/mol. The summed E-state index contributed by atoms with van der Waals surface area (Å²) >= 11 is 0. The summed E-state index contributed by atoms with van der Waals surface area (Å²) in [5.74, 6) is 0.465. The molecule has 0 radical (unpaired) electrons. The smallest absolute Gasteiger partial charge is 0.248 e. The second-order valence-electron chi connectivity index (χ2n) is 5.77. The minimum Gasteiger partial charge on any atom is -0.372 e. The zero-order chi connectivity index (χ0) is 15.9. The molecule has 1 atom stereocenters. The Labute approximate surface area is 133 Å². The summed E-state index contributed by atoms with van der Waals surface area (Å²) in [6, 6.07) is 2.00. The lowest BCUT2D eigenvalue weighted by atomic mass is 10.1. The van der Waals surface area contributed by atoms with Crippen molar-refractivity contribution in [1.29, 1.82) is 0 Å². The second kappa shape index (κ2) is 8.29. The molecule has 22 heavy (non-hydrogen) atoms. The van der Waals surface area contributed by atoms with Gasteiger partial charge in [-0.05, 0) is 26.1 Å². The van der Waals surface area contributed by atoms with Crippen molar-refractivity contribution in [3.63, 3.8) is 0 Å². The Morgan fingerprint density at radius 2 is 2.14 bits per heavy atom. The quantitative estimate of drug-likeness (QED) is 0.760. The monoisotopic (exact) mass is 308 g/mol. The first-order valence-electron chi connectivity index (χ1n) is 8.26. The highest BCUT2D eigenvalue weighted by Gasteiger charge is 2.26. The first kappa shape index (κ1) is 17.0. The molecule has 2 rings (SSSR count). The van der Waals surface area contributed by atoms with Crippen molar-refractivity contribution >= 4 is 5.91 Å². The largest absolute Gasteiger partial charge is 0.372 e. The lowest BCUT2D eigenvalue weighted by Gasteiger charge is -2.28. The summed E-state index contributed by atoms with van der Waals surface area (Å²) in [7, 11) is 0. The Morgan fingerprint density at radius 1 is 1.36 bits per heavy atom. The topological polar surface area (TPSA) is 50.6 Å². The van der Waals surface area contributed by atoms with Crippen molar-refractivity contribution in [3.05, 3.63) is 18.0 Å². The Kier molecular flexibility index (Phi) is 6.39. The van der Waals surface area contributed by atoms with E-state index in [1.165, 1.54) is 0 Å². The SMILES string of the molecule is CCOCC(=O)N1Cc2ccnn2CC(CN(CC)CC)C1. The molecule has 1 aromatic heterocycles. The molecular formula is C16H28N4O2. The van der Waals surface area contributed by atoms with E-state index in [1.54, 1.807) is 0 Å². The number of rotatable bonds is 7. The van der Waals surface area contributed by atoms with E-state index >= 15 is 0 Å². The molecule has 0 bridgehead atoms. The van der Waals surface area contributed by atoms with Gasteiger partial charge in [0.25, 0.3) is 0 Å². The molecule has 6 nitrogen and oxygen atoms in total. The minimum absolute atomic E-state index is 0.0704. The maximum atomic E-state index is 12.4. The molecule has 0 N–H and O–H groups in total. The van der Waals surface area contributed by atoms with Crippen molar-refractivity contribution in [2.75, 3.05) is 39.4 Å². The maximum Gasteiger partial charge on any atom is 0.248 e. The number of ether oxygens (including phenoxy) is 1. The first-order valence-corrected chi connectivity index (χ1v) is 8.26. The fourth-order valence-corrected chi connectivity index (χ4v) is 2.97. The Balaban J connectivity index is 2.09. The van der Waals surface area contributed by atoms with E-state index in [1.807, 2.05) is 28.8 Å². The standard InChI is InChI=1S/C16H28N4O2/c1-4-18(5-2)9-14-10-19(16(21)13-22-6-3)12-15-7-8-17-20(15)11-14/h7-8,14H,4-6,9-13H2,1-3H3. The third kappa shape index (κ3) is 4.30. The second-order valence-corrected chi connectivity index (χ2v) is 5.77. The van der Waals surface area contributed by atoms with Gasteiger partial charge in [-0.1, -0.05) is 13.8 Å². The summed E-state index contributed by atoms with van der Waals surface area (Å²) in [4.78, 5) is 16.7. The van der Waals surface area contributed by atoms with Gasteiger partial charge in [0.1, 0.15) is 6.61 Å². The molecule has 1 aromatic rings. The number of hydrogen-bond donors (Lipinski definition) is 0. The Hall–Kier alpha value is -1.40. The summed E-state index contributed by atoms with van der Waals surface area (Å²) in [6.07, 6.45) is 1.82. The first-order chi connectivity index (χ1) is 10.7. The summed E-state index contributed by atoms with van der Waals surface area (Å²) in [5, 5.41) is 4.41. The summed E-state index contributed by atoms with van der Waals surface area (Å²) in [6.45, 7) is 12.3.